The van der Waals surface area contributed by atoms with Gasteiger partial charge in [-0.3, -0.25) is 9.59 Å². The highest BCUT2D eigenvalue weighted by molar-refractivity contribution is 5.83. The zero-order valence-electron chi connectivity index (χ0n) is 9.21. The molecule has 2 fully saturated rings. The van der Waals surface area contributed by atoms with E-state index >= 15 is 0 Å². The zero-order chi connectivity index (χ0) is 11.1. The van der Waals surface area contributed by atoms with Crippen LogP contribution in [0.25, 0.3) is 0 Å². The fourth-order valence-corrected chi connectivity index (χ4v) is 2.37. The molecule has 4 heteroatoms. The maximum atomic E-state index is 11.6. The van der Waals surface area contributed by atoms with Gasteiger partial charge >= 0.3 is 5.97 Å². The molecule has 1 spiro atoms. The van der Waals surface area contributed by atoms with Gasteiger partial charge in [-0.15, -0.1) is 0 Å². The molecule has 84 valence electrons. The molecular weight excluding hydrogens is 194 g/mol. The van der Waals surface area contributed by atoms with Gasteiger partial charge in [-0.05, 0) is 25.7 Å². The Kier molecular flexibility index (Phi) is 2.44. The van der Waals surface area contributed by atoms with Crippen LogP contribution >= 0.6 is 0 Å². The molecule has 15 heavy (non-hydrogen) atoms. The van der Waals surface area contributed by atoms with Crippen LogP contribution in [0.1, 0.15) is 32.6 Å². The number of esters is 1. The lowest BCUT2D eigenvalue weighted by atomic mass is 9.92. The van der Waals surface area contributed by atoms with Gasteiger partial charge in [0.05, 0.1) is 13.0 Å². The molecule has 0 aromatic rings. The summed E-state index contributed by atoms with van der Waals surface area (Å²) in [6.45, 7) is 1.82. The van der Waals surface area contributed by atoms with E-state index in [1.807, 2.05) is 6.92 Å². The standard InChI is InChI=1S/C11H17NO3/c1-7(10(14)15-2)5-8-6-11(3-4-11)12-9(8)13/h7-8H,3-6H2,1-2H3,(H,12,13)/t7-,8+/m0/s1. The van der Waals surface area contributed by atoms with E-state index in [1.165, 1.54) is 7.11 Å². The van der Waals surface area contributed by atoms with Crippen LogP contribution < -0.4 is 5.32 Å². The minimum atomic E-state index is -0.223. The van der Waals surface area contributed by atoms with Crippen molar-refractivity contribution in [2.75, 3.05) is 7.11 Å². The molecule has 0 unspecified atom stereocenters. The van der Waals surface area contributed by atoms with Crippen LogP contribution in [0, 0.1) is 11.8 Å². The Labute approximate surface area is 89.4 Å². The first-order valence-electron chi connectivity index (χ1n) is 5.46. The van der Waals surface area contributed by atoms with E-state index in [4.69, 9.17) is 0 Å². The van der Waals surface area contributed by atoms with E-state index in [-0.39, 0.29) is 29.3 Å². The van der Waals surface area contributed by atoms with Crippen molar-refractivity contribution in [2.24, 2.45) is 11.8 Å². The minimum absolute atomic E-state index is 0.00148. The molecule has 0 radical (unpaired) electrons. The van der Waals surface area contributed by atoms with Gasteiger partial charge < -0.3 is 10.1 Å². The topological polar surface area (TPSA) is 55.4 Å². The predicted octanol–water partition coefficient (Wildman–Crippen LogP) is 0.854. The smallest absolute Gasteiger partial charge is 0.308 e. The van der Waals surface area contributed by atoms with Crippen LogP contribution in [-0.4, -0.2) is 24.5 Å². The van der Waals surface area contributed by atoms with Crippen molar-refractivity contribution in [1.82, 2.24) is 5.32 Å². The van der Waals surface area contributed by atoms with Crippen molar-refractivity contribution >= 4 is 11.9 Å². The molecule has 1 N–H and O–H groups in total. The van der Waals surface area contributed by atoms with E-state index in [1.54, 1.807) is 0 Å². The van der Waals surface area contributed by atoms with Crippen LogP contribution in [0.3, 0.4) is 0 Å². The van der Waals surface area contributed by atoms with Crippen molar-refractivity contribution in [1.29, 1.82) is 0 Å². The molecule has 2 atom stereocenters. The Bertz CT molecular complexity index is 296. The number of carbonyl (C=O) groups is 2. The Morgan fingerprint density at radius 1 is 1.67 bits per heavy atom. The van der Waals surface area contributed by atoms with Crippen molar-refractivity contribution in [2.45, 2.75) is 38.1 Å². The maximum Gasteiger partial charge on any atom is 0.308 e. The van der Waals surface area contributed by atoms with Gasteiger partial charge in [-0.2, -0.15) is 0 Å². The maximum absolute atomic E-state index is 11.6. The lowest BCUT2D eigenvalue weighted by Crippen LogP contribution is -2.28. The highest BCUT2D eigenvalue weighted by Gasteiger charge is 2.52. The third-order valence-electron chi connectivity index (χ3n) is 3.49. The Balaban J connectivity index is 1.89. The van der Waals surface area contributed by atoms with Gasteiger partial charge in [-0.25, -0.2) is 0 Å². The largest absolute Gasteiger partial charge is 0.469 e. The van der Waals surface area contributed by atoms with Crippen molar-refractivity contribution in [3.05, 3.63) is 0 Å². The molecule has 0 aromatic carbocycles. The summed E-state index contributed by atoms with van der Waals surface area (Å²) in [5.74, 6) is -0.288. The number of methoxy groups -OCH3 is 1. The predicted molar refractivity (Wildman–Crippen MR) is 54.0 cm³/mol. The van der Waals surface area contributed by atoms with Crippen LogP contribution in [-0.2, 0) is 14.3 Å². The van der Waals surface area contributed by atoms with E-state index < -0.39 is 0 Å². The Hall–Kier alpha value is -1.06. The average Bonchev–Trinajstić information content (AvgIpc) is 2.87. The summed E-state index contributed by atoms with van der Waals surface area (Å²) in [4.78, 5) is 22.8. The molecule has 1 amide bonds. The summed E-state index contributed by atoms with van der Waals surface area (Å²) in [6.07, 6.45) is 3.71. The molecule has 1 saturated carbocycles. The second-order valence-electron chi connectivity index (χ2n) is 4.83. The number of hydrogen-bond acceptors (Lipinski definition) is 3. The van der Waals surface area contributed by atoms with E-state index in [2.05, 4.69) is 10.1 Å². The fourth-order valence-electron chi connectivity index (χ4n) is 2.37. The average molecular weight is 211 g/mol. The summed E-state index contributed by atoms with van der Waals surface area (Å²) < 4.78 is 4.65. The summed E-state index contributed by atoms with van der Waals surface area (Å²) >= 11 is 0. The summed E-state index contributed by atoms with van der Waals surface area (Å²) in [6, 6.07) is 0. The van der Waals surface area contributed by atoms with Gasteiger partial charge in [0.1, 0.15) is 0 Å². The minimum Gasteiger partial charge on any atom is -0.469 e. The first-order valence-corrected chi connectivity index (χ1v) is 5.46. The van der Waals surface area contributed by atoms with Gasteiger partial charge in [0.25, 0.3) is 0 Å². The van der Waals surface area contributed by atoms with Gasteiger partial charge in [0.15, 0.2) is 0 Å². The molecule has 2 aliphatic rings. The van der Waals surface area contributed by atoms with Crippen LogP contribution in [0.4, 0.5) is 0 Å². The molecule has 1 saturated heterocycles. The summed E-state index contributed by atoms with van der Waals surface area (Å²) in [5, 5.41) is 3.03. The molecule has 2 rings (SSSR count). The summed E-state index contributed by atoms with van der Waals surface area (Å²) in [7, 11) is 1.38. The number of nitrogens with one attached hydrogen (secondary N) is 1. The van der Waals surface area contributed by atoms with E-state index in [0.717, 1.165) is 19.3 Å². The van der Waals surface area contributed by atoms with Crippen LogP contribution in [0.15, 0.2) is 0 Å². The van der Waals surface area contributed by atoms with Gasteiger partial charge in [-0.1, -0.05) is 6.92 Å². The number of hydrogen-bond donors (Lipinski definition) is 1. The second kappa shape index (κ2) is 3.51. The normalized spacial score (nSPS) is 28.7. The first kappa shape index (κ1) is 10.5. The zero-order valence-corrected chi connectivity index (χ0v) is 9.21. The highest BCUT2D eigenvalue weighted by Crippen LogP contribution is 2.46. The number of amides is 1. The Morgan fingerprint density at radius 3 is 2.80 bits per heavy atom. The third-order valence-corrected chi connectivity index (χ3v) is 3.49. The fraction of sp³-hybridized carbons (Fsp3) is 0.818. The quantitative estimate of drug-likeness (QED) is 0.704. The molecule has 1 aliphatic heterocycles. The van der Waals surface area contributed by atoms with Crippen molar-refractivity contribution < 1.29 is 14.3 Å². The van der Waals surface area contributed by atoms with Crippen molar-refractivity contribution in [3.8, 4) is 0 Å². The second-order valence-corrected chi connectivity index (χ2v) is 4.83. The first-order chi connectivity index (χ1) is 7.06. The molecule has 0 bridgehead atoms. The lowest BCUT2D eigenvalue weighted by molar-refractivity contribution is -0.145. The lowest BCUT2D eigenvalue weighted by Gasteiger charge is -2.12. The molecule has 1 heterocycles. The van der Waals surface area contributed by atoms with E-state index in [9.17, 15) is 9.59 Å². The van der Waals surface area contributed by atoms with Crippen LogP contribution in [0.2, 0.25) is 0 Å². The third kappa shape index (κ3) is 1.98. The SMILES string of the molecule is COC(=O)[C@@H](C)C[C@@H]1CC2(CC2)NC1=O. The van der Waals surface area contributed by atoms with Gasteiger partial charge in [0.2, 0.25) is 5.91 Å². The van der Waals surface area contributed by atoms with Crippen molar-refractivity contribution in [3.63, 3.8) is 0 Å². The molecular formula is C11H17NO3. The molecule has 4 nitrogen and oxygen atoms in total. The number of rotatable bonds is 3. The van der Waals surface area contributed by atoms with E-state index in [0.29, 0.717) is 6.42 Å². The summed E-state index contributed by atoms with van der Waals surface area (Å²) in [5.41, 5.74) is 0.109. The number of ether oxygens (including phenoxy) is 1. The molecule has 0 aromatic heterocycles. The monoisotopic (exact) mass is 211 g/mol. The Morgan fingerprint density at radius 2 is 2.33 bits per heavy atom. The van der Waals surface area contributed by atoms with Gasteiger partial charge in [0, 0.05) is 11.5 Å². The highest BCUT2D eigenvalue weighted by atomic mass is 16.5. The molecule has 1 aliphatic carbocycles. The van der Waals surface area contributed by atoms with Crippen LogP contribution in [0.5, 0.6) is 0 Å². The number of carbonyl (C=O) groups excluding carboxylic acids is 2.